The lowest BCUT2D eigenvalue weighted by atomic mass is 10.1. The zero-order valence-electron chi connectivity index (χ0n) is 11.9. The molecule has 3 rings (SSSR count). The Labute approximate surface area is 134 Å². The van der Waals surface area contributed by atoms with Crippen LogP contribution >= 0.6 is 12.4 Å². The van der Waals surface area contributed by atoms with Gasteiger partial charge in [-0.15, -0.1) is 12.4 Å². The van der Waals surface area contributed by atoms with Crippen LogP contribution in [0.25, 0.3) is 10.9 Å². The molecule has 4 nitrogen and oxygen atoms in total. The minimum Gasteiger partial charge on any atom is -0.497 e. The highest BCUT2D eigenvalue weighted by Gasteiger charge is 2.10. The number of para-hydroxylation sites is 1. The fourth-order valence-electron chi connectivity index (χ4n) is 2.18. The molecule has 3 aromatic rings. The Morgan fingerprint density at radius 3 is 2.59 bits per heavy atom. The van der Waals surface area contributed by atoms with E-state index >= 15 is 0 Å². The van der Waals surface area contributed by atoms with Crippen LogP contribution in [0, 0.1) is 11.3 Å². The van der Waals surface area contributed by atoms with E-state index < -0.39 is 0 Å². The molecule has 0 saturated heterocycles. The maximum Gasteiger partial charge on any atom is 0.119 e. The Kier molecular flexibility index (Phi) is 4.82. The van der Waals surface area contributed by atoms with Crippen LogP contribution in [0.2, 0.25) is 0 Å². The average molecular weight is 312 g/mol. The third-order valence-electron chi connectivity index (χ3n) is 3.24. The smallest absolute Gasteiger partial charge is 0.119 e. The number of halogens is 1. The fraction of sp³-hybridized carbons (Fsp3) is 0.0588. The SMILES string of the molecule is COc1ccc2ncc(C#N)c(Nc3ccccc3)c2c1.Cl. The second kappa shape index (κ2) is 6.79. The van der Waals surface area contributed by atoms with Crippen molar-refractivity contribution in [3.8, 4) is 11.8 Å². The molecule has 0 aliphatic carbocycles. The molecule has 0 unspecified atom stereocenters. The van der Waals surface area contributed by atoms with Gasteiger partial charge in [0.05, 0.1) is 23.9 Å². The van der Waals surface area contributed by atoms with Crippen molar-refractivity contribution in [2.75, 3.05) is 12.4 Å². The van der Waals surface area contributed by atoms with E-state index in [4.69, 9.17) is 4.74 Å². The maximum atomic E-state index is 9.32. The quantitative estimate of drug-likeness (QED) is 0.784. The van der Waals surface area contributed by atoms with Gasteiger partial charge in [-0.25, -0.2) is 0 Å². The molecule has 5 heteroatoms. The summed E-state index contributed by atoms with van der Waals surface area (Å²) in [6.07, 6.45) is 1.58. The summed E-state index contributed by atoms with van der Waals surface area (Å²) in [7, 11) is 1.62. The van der Waals surface area contributed by atoms with Gasteiger partial charge in [0.1, 0.15) is 11.8 Å². The number of nitrogens with zero attached hydrogens (tertiary/aromatic N) is 2. The predicted octanol–water partition coefficient (Wildman–Crippen LogP) is 4.28. The van der Waals surface area contributed by atoms with Gasteiger partial charge in [0.15, 0.2) is 0 Å². The van der Waals surface area contributed by atoms with Gasteiger partial charge in [0.2, 0.25) is 0 Å². The minimum absolute atomic E-state index is 0. The number of methoxy groups -OCH3 is 1. The largest absolute Gasteiger partial charge is 0.497 e. The number of benzene rings is 2. The summed E-state index contributed by atoms with van der Waals surface area (Å²) in [4.78, 5) is 4.31. The van der Waals surface area contributed by atoms with E-state index in [0.717, 1.165) is 28.0 Å². The zero-order chi connectivity index (χ0) is 14.7. The molecule has 0 atom stereocenters. The molecule has 110 valence electrons. The van der Waals surface area contributed by atoms with E-state index in [0.29, 0.717) is 5.56 Å². The first-order valence-electron chi connectivity index (χ1n) is 6.51. The number of ether oxygens (including phenoxy) is 1. The van der Waals surface area contributed by atoms with Crippen LogP contribution in [0.4, 0.5) is 11.4 Å². The Hall–Kier alpha value is -2.77. The highest BCUT2D eigenvalue weighted by Crippen LogP contribution is 2.31. The van der Waals surface area contributed by atoms with Crippen molar-refractivity contribution >= 4 is 34.7 Å². The lowest BCUT2D eigenvalue weighted by Crippen LogP contribution is -1.97. The number of rotatable bonds is 3. The molecular formula is C17H14ClN3O. The van der Waals surface area contributed by atoms with Crippen LogP contribution < -0.4 is 10.1 Å². The van der Waals surface area contributed by atoms with Gasteiger partial charge in [0.25, 0.3) is 0 Å². The molecule has 22 heavy (non-hydrogen) atoms. The first-order valence-corrected chi connectivity index (χ1v) is 6.51. The van der Waals surface area contributed by atoms with Crippen LogP contribution in [0.5, 0.6) is 5.75 Å². The molecule has 0 aliphatic heterocycles. The van der Waals surface area contributed by atoms with Crippen LogP contribution in [-0.2, 0) is 0 Å². The molecule has 0 aliphatic rings. The first kappa shape index (κ1) is 15.6. The average Bonchev–Trinajstić information content (AvgIpc) is 2.55. The highest BCUT2D eigenvalue weighted by molar-refractivity contribution is 5.96. The van der Waals surface area contributed by atoms with Gasteiger partial charge in [-0.3, -0.25) is 4.98 Å². The summed E-state index contributed by atoms with van der Waals surface area (Å²) in [6, 6.07) is 17.5. The Morgan fingerprint density at radius 1 is 1.14 bits per heavy atom. The van der Waals surface area contributed by atoms with E-state index in [1.54, 1.807) is 13.3 Å². The molecule has 0 radical (unpaired) electrons. The van der Waals surface area contributed by atoms with Crippen molar-refractivity contribution in [3.05, 3.63) is 60.3 Å². The van der Waals surface area contributed by atoms with E-state index in [1.165, 1.54) is 0 Å². The highest BCUT2D eigenvalue weighted by atomic mass is 35.5. The normalized spacial score (nSPS) is 9.64. The van der Waals surface area contributed by atoms with Crippen molar-refractivity contribution in [2.24, 2.45) is 0 Å². The molecule has 0 amide bonds. The van der Waals surface area contributed by atoms with Gasteiger partial charge < -0.3 is 10.1 Å². The van der Waals surface area contributed by atoms with Crippen molar-refractivity contribution in [3.63, 3.8) is 0 Å². The van der Waals surface area contributed by atoms with Crippen LogP contribution in [0.3, 0.4) is 0 Å². The van der Waals surface area contributed by atoms with Gasteiger partial charge in [-0.1, -0.05) is 18.2 Å². The summed E-state index contributed by atoms with van der Waals surface area (Å²) in [5.41, 5.74) is 2.98. The van der Waals surface area contributed by atoms with Gasteiger partial charge in [0, 0.05) is 17.3 Å². The van der Waals surface area contributed by atoms with Crippen molar-refractivity contribution in [1.29, 1.82) is 5.26 Å². The summed E-state index contributed by atoms with van der Waals surface area (Å²) in [5.74, 6) is 0.732. The number of hydrogen-bond donors (Lipinski definition) is 1. The Bertz CT molecular complexity index is 828. The zero-order valence-corrected chi connectivity index (χ0v) is 12.7. The number of fused-ring (bicyclic) bond motifs is 1. The lowest BCUT2D eigenvalue weighted by molar-refractivity contribution is 0.415. The maximum absolute atomic E-state index is 9.32. The van der Waals surface area contributed by atoms with Crippen molar-refractivity contribution < 1.29 is 4.74 Å². The second-order valence-electron chi connectivity index (χ2n) is 4.53. The summed E-state index contributed by atoms with van der Waals surface area (Å²) >= 11 is 0. The molecule has 0 spiro atoms. The number of hydrogen-bond acceptors (Lipinski definition) is 4. The summed E-state index contributed by atoms with van der Waals surface area (Å²) in [6.45, 7) is 0. The predicted molar refractivity (Wildman–Crippen MR) is 90.0 cm³/mol. The Balaban J connectivity index is 0.00000176. The molecule has 2 aromatic carbocycles. The standard InChI is InChI=1S/C17H13N3O.ClH/c1-21-14-7-8-16-15(9-14)17(12(10-18)11-19-16)20-13-5-3-2-4-6-13;/h2-9,11H,1H3,(H,19,20);1H. The van der Waals surface area contributed by atoms with Crippen LogP contribution in [0.15, 0.2) is 54.7 Å². The van der Waals surface area contributed by atoms with Crippen LogP contribution in [-0.4, -0.2) is 12.1 Å². The molecule has 1 heterocycles. The topological polar surface area (TPSA) is 57.9 Å². The molecule has 0 fully saturated rings. The summed E-state index contributed by atoms with van der Waals surface area (Å²) < 4.78 is 5.26. The number of nitriles is 1. The number of nitrogens with one attached hydrogen (secondary N) is 1. The van der Waals surface area contributed by atoms with E-state index in [9.17, 15) is 5.26 Å². The van der Waals surface area contributed by atoms with Crippen LogP contribution in [0.1, 0.15) is 5.56 Å². The molecule has 1 N–H and O–H groups in total. The van der Waals surface area contributed by atoms with Gasteiger partial charge in [-0.2, -0.15) is 5.26 Å². The number of anilines is 2. The van der Waals surface area contributed by atoms with Crippen molar-refractivity contribution in [1.82, 2.24) is 4.98 Å². The fourth-order valence-corrected chi connectivity index (χ4v) is 2.18. The third-order valence-corrected chi connectivity index (χ3v) is 3.24. The van der Waals surface area contributed by atoms with E-state index in [-0.39, 0.29) is 12.4 Å². The monoisotopic (exact) mass is 311 g/mol. The van der Waals surface area contributed by atoms with Crippen molar-refractivity contribution in [2.45, 2.75) is 0 Å². The third kappa shape index (κ3) is 2.95. The molecule has 1 aromatic heterocycles. The first-order chi connectivity index (χ1) is 10.3. The minimum atomic E-state index is 0. The molecule has 0 saturated carbocycles. The van der Waals surface area contributed by atoms with E-state index in [1.807, 2.05) is 48.5 Å². The van der Waals surface area contributed by atoms with Gasteiger partial charge >= 0.3 is 0 Å². The summed E-state index contributed by atoms with van der Waals surface area (Å²) in [5, 5.41) is 13.5. The Morgan fingerprint density at radius 2 is 1.91 bits per heavy atom. The van der Waals surface area contributed by atoms with Gasteiger partial charge in [-0.05, 0) is 30.3 Å². The number of aromatic nitrogens is 1. The molecular weight excluding hydrogens is 298 g/mol. The number of pyridine rings is 1. The molecule has 0 bridgehead atoms. The second-order valence-corrected chi connectivity index (χ2v) is 4.53. The van der Waals surface area contributed by atoms with E-state index in [2.05, 4.69) is 16.4 Å². The lowest BCUT2D eigenvalue weighted by Gasteiger charge is -2.12.